The van der Waals surface area contributed by atoms with Crippen molar-refractivity contribution in [2.75, 3.05) is 6.54 Å². The zero-order valence-corrected chi connectivity index (χ0v) is 11.4. The number of alkyl halides is 3. The zero-order chi connectivity index (χ0) is 14.8. The highest BCUT2D eigenvalue weighted by Crippen LogP contribution is 2.41. The first-order valence-corrected chi connectivity index (χ1v) is 6.87. The maximum absolute atomic E-state index is 13.2. The molecule has 0 saturated heterocycles. The van der Waals surface area contributed by atoms with Gasteiger partial charge in [-0.25, -0.2) is 0 Å². The highest BCUT2D eigenvalue weighted by Gasteiger charge is 2.46. The number of Topliss-reactive ketones (excluding diaryl/α,β-unsaturated/α-hetero) is 1. The number of hydrogen-bond donors (Lipinski definition) is 1. The Labute approximate surface area is 116 Å². The van der Waals surface area contributed by atoms with Crippen molar-refractivity contribution in [3.63, 3.8) is 0 Å². The Morgan fingerprint density at radius 3 is 2.55 bits per heavy atom. The van der Waals surface area contributed by atoms with Crippen LogP contribution in [0.25, 0.3) is 0 Å². The second kappa shape index (κ2) is 5.56. The van der Waals surface area contributed by atoms with Crippen molar-refractivity contribution in [1.82, 2.24) is 5.32 Å². The fourth-order valence-corrected chi connectivity index (χ4v) is 3.00. The molecule has 110 valence electrons. The van der Waals surface area contributed by atoms with Crippen molar-refractivity contribution in [3.05, 3.63) is 35.4 Å². The van der Waals surface area contributed by atoms with Crippen LogP contribution >= 0.6 is 0 Å². The molecule has 1 aromatic carbocycles. The predicted octanol–water partition coefficient (Wildman–Crippen LogP) is 3.65. The number of benzene rings is 1. The minimum atomic E-state index is -4.45. The van der Waals surface area contributed by atoms with Gasteiger partial charge in [0.15, 0.2) is 5.78 Å². The van der Waals surface area contributed by atoms with E-state index in [-0.39, 0.29) is 11.3 Å². The van der Waals surface area contributed by atoms with E-state index >= 15 is 0 Å². The summed E-state index contributed by atoms with van der Waals surface area (Å²) in [6.45, 7) is 2.26. The summed E-state index contributed by atoms with van der Waals surface area (Å²) in [7, 11) is 0. The summed E-state index contributed by atoms with van der Waals surface area (Å²) in [6.07, 6.45) is -2.19. The first kappa shape index (κ1) is 15.0. The van der Waals surface area contributed by atoms with Gasteiger partial charge in [0.1, 0.15) is 5.54 Å². The van der Waals surface area contributed by atoms with E-state index in [4.69, 9.17) is 0 Å². The van der Waals surface area contributed by atoms with Crippen LogP contribution in [0.2, 0.25) is 0 Å². The summed E-state index contributed by atoms with van der Waals surface area (Å²) in [5.74, 6) is -0.137. The Morgan fingerprint density at radius 2 is 1.95 bits per heavy atom. The lowest BCUT2D eigenvalue weighted by Gasteiger charge is -2.38. The van der Waals surface area contributed by atoms with Crippen molar-refractivity contribution in [2.45, 2.75) is 44.3 Å². The fourth-order valence-electron chi connectivity index (χ4n) is 3.00. The van der Waals surface area contributed by atoms with Crippen LogP contribution in [0.4, 0.5) is 13.2 Å². The number of likely N-dealkylation sites (N-methyl/N-ethyl adjacent to an activating group) is 1. The molecule has 2 nitrogen and oxygen atoms in total. The van der Waals surface area contributed by atoms with E-state index in [0.29, 0.717) is 19.4 Å². The van der Waals surface area contributed by atoms with Crippen LogP contribution in [0.15, 0.2) is 24.3 Å². The lowest BCUT2D eigenvalue weighted by atomic mass is 9.74. The van der Waals surface area contributed by atoms with Crippen LogP contribution in [0.1, 0.15) is 43.7 Å². The largest absolute Gasteiger partial charge is 0.416 e. The molecule has 2 rings (SSSR count). The van der Waals surface area contributed by atoms with Crippen LogP contribution in [-0.4, -0.2) is 12.3 Å². The number of ketones is 1. The molecule has 20 heavy (non-hydrogen) atoms. The van der Waals surface area contributed by atoms with Crippen LogP contribution in [-0.2, 0) is 16.5 Å². The molecule has 0 aliphatic heterocycles. The quantitative estimate of drug-likeness (QED) is 0.918. The molecule has 0 bridgehead atoms. The average Bonchev–Trinajstić information content (AvgIpc) is 2.41. The van der Waals surface area contributed by atoms with Gasteiger partial charge in [0.2, 0.25) is 0 Å². The third-order valence-corrected chi connectivity index (χ3v) is 3.85. The van der Waals surface area contributed by atoms with Gasteiger partial charge in [-0.15, -0.1) is 0 Å². The Hall–Kier alpha value is -1.36. The molecule has 0 spiro atoms. The third kappa shape index (κ3) is 2.59. The van der Waals surface area contributed by atoms with Crippen molar-refractivity contribution in [2.24, 2.45) is 0 Å². The zero-order valence-electron chi connectivity index (χ0n) is 11.4. The summed E-state index contributed by atoms with van der Waals surface area (Å²) in [5.41, 5.74) is -1.82. The van der Waals surface area contributed by atoms with E-state index in [0.717, 1.165) is 18.9 Å². The number of nitrogens with one attached hydrogen (secondary N) is 1. The van der Waals surface area contributed by atoms with Gasteiger partial charge in [0, 0.05) is 6.42 Å². The van der Waals surface area contributed by atoms with Gasteiger partial charge < -0.3 is 5.32 Å². The summed E-state index contributed by atoms with van der Waals surface area (Å²) in [5, 5.41) is 3.03. The van der Waals surface area contributed by atoms with E-state index in [1.54, 1.807) is 13.0 Å². The maximum atomic E-state index is 13.2. The van der Waals surface area contributed by atoms with Crippen molar-refractivity contribution in [1.29, 1.82) is 0 Å². The number of carbonyl (C=O) groups is 1. The SMILES string of the molecule is CCN[C@]1(c2ccccc2C(F)(F)F)CCCCC1=O. The summed E-state index contributed by atoms with van der Waals surface area (Å²) in [6, 6.07) is 5.40. The molecule has 1 fully saturated rings. The second-order valence-corrected chi connectivity index (χ2v) is 5.11. The topological polar surface area (TPSA) is 29.1 Å². The van der Waals surface area contributed by atoms with Crippen LogP contribution in [0, 0.1) is 0 Å². The van der Waals surface area contributed by atoms with E-state index < -0.39 is 17.3 Å². The highest BCUT2D eigenvalue weighted by atomic mass is 19.4. The summed E-state index contributed by atoms with van der Waals surface area (Å²) >= 11 is 0. The molecular formula is C15H18F3NO. The molecule has 1 atom stereocenters. The Morgan fingerprint density at radius 1 is 1.25 bits per heavy atom. The van der Waals surface area contributed by atoms with Gasteiger partial charge in [-0.1, -0.05) is 31.5 Å². The summed E-state index contributed by atoms with van der Waals surface area (Å²) < 4.78 is 39.6. The van der Waals surface area contributed by atoms with E-state index in [1.165, 1.54) is 12.1 Å². The number of halogens is 3. The van der Waals surface area contributed by atoms with Gasteiger partial charge in [0.05, 0.1) is 5.56 Å². The average molecular weight is 285 g/mol. The number of hydrogen-bond acceptors (Lipinski definition) is 2. The molecular weight excluding hydrogens is 267 g/mol. The number of carbonyl (C=O) groups excluding carboxylic acids is 1. The molecule has 1 aliphatic rings. The monoisotopic (exact) mass is 285 g/mol. The molecule has 0 unspecified atom stereocenters. The molecule has 5 heteroatoms. The lowest BCUT2D eigenvalue weighted by Crippen LogP contribution is -2.51. The lowest BCUT2D eigenvalue weighted by molar-refractivity contribution is -0.140. The molecule has 0 amide bonds. The number of rotatable bonds is 3. The van der Waals surface area contributed by atoms with Crippen LogP contribution in [0.3, 0.4) is 0 Å². The van der Waals surface area contributed by atoms with Gasteiger partial charge >= 0.3 is 6.18 Å². The predicted molar refractivity (Wildman–Crippen MR) is 70.3 cm³/mol. The van der Waals surface area contributed by atoms with Gasteiger partial charge in [-0.2, -0.15) is 13.2 Å². The Balaban J connectivity index is 2.58. The van der Waals surface area contributed by atoms with Crippen molar-refractivity contribution in [3.8, 4) is 0 Å². The maximum Gasteiger partial charge on any atom is 0.416 e. The molecule has 1 N–H and O–H groups in total. The Kier molecular flexibility index (Phi) is 4.18. The summed E-state index contributed by atoms with van der Waals surface area (Å²) in [4.78, 5) is 12.4. The van der Waals surface area contributed by atoms with Crippen LogP contribution in [0.5, 0.6) is 0 Å². The molecule has 1 saturated carbocycles. The fraction of sp³-hybridized carbons (Fsp3) is 0.533. The third-order valence-electron chi connectivity index (χ3n) is 3.85. The van der Waals surface area contributed by atoms with E-state index in [9.17, 15) is 18.0 Å². The minimum absolute atomic E-state index is 0.0686. The van der Waals surface area contributed by atoms with E-state index in [2.05, 4.69) is 5.32 Å². The van der Waals surface area contributed by atoms with Gasteiger partial charge in [-0.05, 0) is 31.0 Å². The van der Waals surface area contributed by atoms with Gasteiger partial charge in [-0.3, -0.25) is 4.79 Å². The molecule has 1 aliphatic carbocycles. The molecule has 0 aromatic heterocycles. The van der Waals surface area contributed by atoms with Crippen molar-refractivity contribution < 1.29 is 18.0 Å². The Bertz CT molecular complexity index is 494. The second-order valence-electron chi connectivity index (χ2n) is 5.11. The van der Waals surface area contributed by atoms with Crippen LogP contribution < -0.4 is 5.32 Å². The first-order chi connectivity index (χ1) is 9.42. The molecule has 0 heterocycles. The normalized spacial score (nSPS) is 23.9. The van der Waals surface area contributed by atoms with Crippen molar-refractivity contribution >= 4 is 5.78 Å². The molecule has 0 radical (unpaired) electrons. The highest BCUT2D eigenvalue weighted by molar-refractivity contribution is 5.90. The standard InChI is InChI=1S/C15H18F3NO/c1-2-19-14(10-6-5-9-13(14)20)11-7-3-4-8-12(11)15(16,17)18/h3-4,7-8,19H,2,5-6,9-10H2,1H3/t14-/m0/s1. The molecule has 1 aromatic rings. The van der Waals surface area contributed by atoms with Gasteiger partial charge in [0.25, 0.3) is 0 Å². The minimum Gasteiger partial charge on any atom is -0.302 e. The first-order valence-electron chi connectivity index (χ1n) is 6.87. The van der Waals surface area contributed by atoms with E-state index in [1.807, 2.05) is 0 Å². The smallest absolute Gasteiger partial charge is 0.302 e.